The van der Waals surface area contributed by atoms with E-state index in [2.05, 4.69) is 5.32 Å². The Morgan fingerprint density at radius 3 is 2.19 bits per heavy atom. The molecule has 0 spiro atoms. The average Bonchev–Trinajstić information content (AvgIpc) is 2.37. The van der Waals surface area contributed by atoms with E-state index in [-0.39, 0.29) is 17.4 Å². The van der Waals surface area contributed by atoms with Crippen molar-refractivity contribution in [2.75, 3.05) is 20.7 Å². The zero-order valence-corrected chi connectivity index (χ0v) is 13.6. The first-order valence-electron chi connectivity index (χ1n) is 6.56. The molecule has 1 aromatic rings. The topological polar surface area (TPSA) is 86.7 Å². The lowest BCUT2D eigenvalue weighted by atomic mass is 10.0. The quantitative estimate of drug-likeness (QED) is 0.814. The number of benzene rings is 1. The summed E-state index contributed by atoms with van der Waals surface area (Å²) in [5.41, 5.74) is -0.154. The molecule has 118 valence electrons. The number of hydrogen-bond acceptors (Lipinski definition) is 4. The number of sulfonamides is 1. The van der Waals surface area contributed by atoms with Crippen molar-refractivity contribution >= 4 is 15.9 Å². The van der Waals surface area contributed by atoms with Crippen molar-refractivity contribution in [1.82, 2.24) is 9.62 Å². The molecule has 6 nitrogen and oxygen atoms in total. The second-order valence-corrected chi connectivity index (χ2v) is 7.78. The highest BCUT2D eigenvalue weighted by Crippen LogP contribution is 2.15. The first kappa shape index (κ1) is 17.6. The number of nitrogens with one attached hydrogen (secondary N) is 1. The van der Waals surface area contributed by atoms with Crippen molar-refractivity contribution in [3.05, 3.63) is 29.8 Å². The second-order valence-electron chi connectivity index (χ2n) is 5.62. The van der Waals surface area contributed by atoms with Crippen LogP contribution in [0.25, 0.3) is 0 Å². The molecule has 0 fully saturated rings. The highest BCUT2D eigenvalue weighted by molar-refractivity contribution is 7.89. The predicted octanol–water partition coefficient (Wildman–Crippen LogP) is 0.828. The van der Waals surface area contributed by atoms with Crippen LogP contribution >= 0.6 is 0 Å². The maximum atomic E-state index is 12.1. The molecule has 1 rings (SSSR count). The first-order chi connectivity index (χ1) is 9.60. The fourth-order valence-electron chi connectivity index (χ4n) is 1.71. The van der Waals surface area contributed by atoms with Gasteiger partial charge in [0.25, 0.3) is 5.91 Å². The molecule has 1 aromatic carbocycles. The third kappa shape index (κ3) is 4.52. The summed E-state index contributed by atoms with van der Waals surface area (Å²) in [6, 6.07) is 5.76. The van der Waals surface area contributed by atoms with Gasteiger partial charge in [-0.2, -0.15) is 0 Å². The lowest BCUT2D eigenvalue weighted by Gasteiger charge is -2.25. The lowest BCUT2D eigenvalue weighted by molar-refractivity contribution is 0.0899. The van der Waals surface area contributed by atoms with E-state index >= 15 is 0 Å². The van der Waals surface area contributed by atoms with Crippen LogP contribution in [0.15, 0.2) is 29.2 Å². The van der Waals surface area contributed by atoms with E-state index in [9.17, 15) is 13.2 Å². The smallest absolute Gasteiger partial charge is 0.251 e. The minimum atomic E-state index is -3.49. The fourth-order valence-corrected chi connectivity index (χ4v) is 2.61. The SMILES string of the molecule is CN(C)S(=O)(=O)c1ccc(C(=O)NC(C)(C)CCO)cc1. The molecule has 0 aromatic heterocycles. The number of nitrogens with zero attached hydrogens (tertiary/aromatic N) is 1. The van der Waals surface area contributed by atoms with E-state index in [0.29, 0.717) is 12.0 Å². The van der Waals surface area contributed by atoms with Gasteiger partial charge in [0.1, 0.15) is 0 Å². The summed E-state index contributed by atoms with van der Waals surface area (Å²) in [7, 11) is -0.591. The van der Waals surface area contributed by atoms with Crippen molar-refractivity contribution < 1.29 is 18.3 Å². The summed E-state index contributed by atoms with van der Waals surface area (Å²) in [6.45, 7) is 3.60. The van der Waals surface area contributed by atoms with Crippen LogP contribution < -0.4 is 5.32 Å². The molecule has 0 saturated heterocycles. The normalized spacial score (nSPS) is 12.5. The molecule has 2 N–H and O–H groups in total. The molecule has 0 aliphatic heterocycles. The van der Waals surface area contributed by atoms with Crippen LogP contribution in [0.1, 0.15) is 30.6 Å². The van der Waals surface area contributed by atoms with Crippen LogP contribution in [0, 0.1) is 0 Å². The Kier molecular flexibility index (Phi) is 5.49. The van der Waals surface area contributed by atoms with Crippen LogP contribution in [0.5, 0.6) is 0 Å². The number of carbonyl (C=O) groups excluding carboxylic acids is 1. The molecule has 7 heteroatoms. The van der Waals surface area contributed by atoms with E-state index in [4.69, 9.17) is 5.11 Å². The van der Waals surface area contributed by atoms with Gasteiger partial charge < -0.3 is 10.4 Å². The summed E-state index contributed by atoms with van der Waals surface area (Å²) in [4.78, 5) is 12.2. The largest absolute Gasteiger partial charge is 0.396 e. The third-order valence-electron chi connectivity index (χ3n) is 3.08. The van der Waals surface area contributed by atoms with Crippen molar-refractivity contribution in [2.45, 2.75) is 30.7 Å². The van der Waals surface area contributed by atoms with Crippen molar-refractivity contribution in [2.24, 2.45) is 0 Å². The van der Waals surface area contributed by atoms with E-state index in [1.54, 1.807) is 0 Å². The van der Waals surface area contributed by atoms with Crippen LogP contribution in [-0.2, 0) is 10.0 Å². The Labute approximate surface area is 125 Å². The highest BCUT2D eigenvalue weighted by atomic mass is 32.2. The number of hydrogen-bond donors (Lipinski definition) is 2. The monoisotopic (exact) mass is 314 g/mol. The zero-order valence-electron chi connectivity index (χ0n) is 12.8. The van der Waals surface area contributed by atoms with Gasteiger partial charge in [0, 0.05) is 31.8 Å². The maximum absolute atomic E-state index is 12.1. The van der Waals surface area contributed by atoms with Gasteiger partial charge in [-0.15, -0.1) is 0 Å². The number of amides is 1. The molecule has 0 heterocycles. The van der Waals surface area contributed by atoms with E-state index in [1.807, 2.05) is 13.8 Å². The summed E-state index contributed by atoms with van der Waals surface area (Å²) >= 11 is 0. The minimum Gasteiger partial charge on any atom is -0.396 e. The van der Waals surface area contributed by atoms with Gasteiger partial charge in [0.05, 0.1) is 4.90 Å². The van der Waals surface area contributed by atoms with Gasteiger partial charge in [0.15, 0.2) is 0 Å². The zero-order chi connectivity index (χ0) is 16.3. The van der Waals surface area contributed by atoms with Gasteiger partial charge in [-0.1, -0.05) is 0 Å². The molecule has 0 aliphatic carbocycles. The Morgan fingerprint density at radius 2 is 1.76 bits per heavy atom. The summed E-state index contributed by atoms with van der Waals surface area (Å²) in [5.74, 6) is -0.303. The predicted molar refractivity (Wildman–Crippen MR) is 80.6 cm³/mol. The first-order valence-corrected chi connectivity index (χ1v) is 8.00. The lowest BCUT2D eigenvalue weighted by Crippen LogP contribution is -2.44. The molecule has 21 heavy (non-hydrogen) atoms. The Morgan fingerprint density at radius 1 is 1.24 bits per heavy atom. The molecule has 0 bridgehead atoms. The Balaban J connectivity index is 2.91. The van der Waals surface area contributed by atoms with E-state index in [0.717, 1.165) is 4.31 Å². The van der Waals surface area contributed by atoms with Gasteiger partial charge in [-0.05, 0) is 44.5 Å². The average molecular weight is 314 g/mol. The molecule has 0 aliphatic rings. The highest BCUT2D eigenvalue weighted by Gasteiger charge is 2.21. The molecular formula is C14H22N2O4S. The minimum absolute atomic E-state index is 0.0205. The van der Waals surface area contributed by atoms with Gasteiger partial charge >= 0.3 is 0 Å². The van der Waals surface area contributed by atoms with Crippen LogP contribution in [-0.4, -0.2) is 50.0 Å². The summed E-state index contributed by atoms with van der Waals surface area (Å²) < 4.78 is 25.0. The molecule has 0 atom stereocenters. The molecule has 0 radical (unpaired) electrons. The van der Waals surface area contributed by atoms with Crippen molar-refractivity contribution in [1.29, 1.82) is 0 Å². The molecular weight excluding hydrogens is 292 g/mol. The maximum Gasteiger partial charge on any atom is 0.251 e. The summed E-state index contributed by atoms with van der Waals surface area (Å²) in [6.07, 6.45) is 0.436. The van der Waals surface area contributed by atoms with Gasteiger partial charge in [-0.3, -0.25) is 4.79 Å². The van der Waals surface area contributed by atoms with Crippen molar-refractivity contribution in [3.63, 3.8) is 0 Å². The molecule has 1 amide bonds. The second kappa shape index (κ2) is 6.55. The number of aliphatic hydroxyl groups excluding tert-OH is 1. The summed E-state index contributed by atoms with van der Waals surface area (Å²) in [5, 5.41) is 11.7. The Bertz CT molecular complexity index is 592. The van der Waals surface area contributed by atoms with Crippen LogP contribution in [0.2, 0.25) is 0 Å². The standard InChI is InChI=1S/C14H22N2O4S/c1-14(2,9-10-17)15-13(18)11-5-7-12(8-6-11)21(19,20)16(3)4/h5-8,17H,9-10H2,1-4H3,(H,15,18). The van der Waals surface area contributed by atoms with Crippen LogP contribution in [0.4, 0.5) is 0 Å². The molecule has 0 unspecified atom stereocenters. The molecule has 0 saturated carbocycles. The Hall–Kier alpha value is -1.44. The van der Waals surface area contributed by atoms with Crippen molar-refractivity contribution in [3.8, 4) is 0 Å². The van der Waals surface area contributed by atoms with Gasteiger partial charge in [-0.25, -0.2) is 12.7 Å². The number of carbonyl (C=O) groups is 1. The fraction of sp³-hybridized carbons (Fsp3) is 0.500. The number of rotatable bonds is 6. The van der Waals surface area contributed by atoms with Gasteiger partial charge in [0.2, 0.25) is 10.0 Å². The van der Waals surface area contributed by atoms with Crippen LogP contribution in [0.3, 0.4) is 0 Å². The van der Waals surface area contributed by atoms with E-state index < -0.39 is 15.6 Å². The number of aliphatic hydroxyl groups is 1. The third-order valence-corrected chi connectivity index (χ3v) is 4.91. The van der Waals surface area contributed by atoms with E-state index in [1.165, 1.54) is 38.4 Å².